The van der Waals surface area contributed by atoms with E-state index in [1.54, 1.807) is 34.3 Å². The Bertz CT molecular complexity index is 1520. The van der Waals surface area contributed by atoms with Crippen LogP contribution < -0.4 is 9.64 Å². The third-order valence-corrected chi connectivity index (χ3v) is 9.91. The first kappa shape index (κ1) is 28.2. The molecule has 6 rings (SSSR count). The number of fused-ring (bicyclic) bond motifs is 2. The number of nitrogens with zero attached hydrogens (tertiary/aromatic N) is 4. The van der Waals surface area contributed by atoms with Gasteiger partial charge in [0.1, 0.15) is 18.9 Å². The van der Waals surface area contributed by atoms with Crippen LogP contribution in [0.25, 0.3) is 11.3 Å². The van der Waals surface area contributed by atoms with Gasteiger partial charge in [-0.25, -0.2) is 4.98 Å². The fraction of sp³-hybridized carbons (Fsp3) is 0.438. The molecular weight excluding hydrogens is 552 g/mol. The molecule has 9 nitrogen and oxygen atoms in total. The van der Waals surface area contributed by atoms with Crippen LogP contribution >= 0.6 is 11.3 Å². The fourth-order valence-electron chi connectivity index (χ4n) is 6.55. The second-order valence-corrected chi connectivity index (χ2v) is 12.7. The van der Waals surface area contributed by atoms with Crippen molar-refractivity contribution in [3.05, 3.63) is 64.0 Å². The van der Waals surface area contributed by atoms with E-state index >= 15 is 0 Å². The van der Waals surface area contributed by atoms with Gasteiger partial charge in [-0.2, -0.15) is 0 Å². The molecule has 1 aromatic heterocycles. The van der Waals surface area contributed by atoms with Gasteiger partial charge in [-0.05, 0) is 73.9 Å². The molecule has 0 spiro atoms. The first-order valence-electron chi connectivity index (χ1n) is 14.5. The number of carboxylic acid groups (broad SMARTS) is 1. The summed E-state index contributed by atoms with van der Waals surface area (Å²) in [7, 11) is 1.76. The van der Waals surface area contributed by atoms with E-state index in [1.807, 2.05) is 38.1 Å². The lowest BCUT2D eigenvalue weighted by Crippen LogP contribution is -2.50. The smallest absolute Gasteiger partial charge is 0.307 e. The zero-order valence-corrected chi connectivity index (χ0v) is 25.0. The van der Waals surface area contributed by atoms with Gasteiger partial charge in [0.05, 0.1) is 11.6 Å². The molecular formula is C32H36N4O5S. The van der Waals surface area contributed by atoms with Crippen LogP contribution in [0.5, 0.6) is 5.75 Å². The molecule has 3 heterocycles. The van der Waals surface area contributed by atoms with Crippen LogP contribution in [-0.4, -0.2) is 77.4 Å². The van der Waals surface area contributed by atoms with Crippen molar-refractivity contribution in [2.24, 2.45) is 17.8 Å². The average molecular weight is 589 g/mol. The molecule has 2 unspecified atom stereocenters. The van der Waals surface area contributed by atoms with Gasteiger partial charge in [0, 0.05) is 49.7 Å². The number of likely N-dealkylation sites (N-methyl/N-ethyl adjacent to an activating group) is 1. The summed E-state index contributed by atoms with van der Waals surface area (Å²) in [4.78, 5) is 47.3. The van der Waals surface area contributed by atoms with Crippen LogP contribution in [0.4, 0.5) is 5.13 Å². The number of aliphatic carboxylic acids is 1. The minimum Gasteiger partial charge on any atom is -0.488 e. The second kappa shape index (κ2) is 11.4. The highest BCUT2D eigenvalue weighted by molar-refractivity contribution is 7.14. The predicted octanol–water partition coefficient (Wildman–Crippen LogP) is 4.47. The van der Waals surface area contributed by atoms with E-state index in [1.165, 1.54) is 0 Å². The van der Waals surface area contributed by atoms with Crippen LogP contribution in [0.15, 0.2) is 41.8 Å². The normalized spacial score (nSPS) is 22.0. The van der Waals surface area contributed by atoms with Crippen molar-refractivity contribution in [2.75, 3.05) is 44.7 Å². The van der Waals surface area contributed by atoms with E-state index in [4.69, 9.17) is 9.72 Å². The van der Waals surface area contributed by atoms with Gasteiger partial charge in [-0.15, -0.1) is 11.3 Å². The van der Waals surface area contributed by atoms with E-state index in [2.05, 4.69) is 16.3 Å². The summed E-state index contributed by atoms with van der Waals surface area (Å²) < 4.78 is 6.34. The van der Waals surface area contributed by atoms with Crippen LogP contribution in [0.2, 0.25) is 0 Å². The Morgan fingerprint density at radius 2 is 1.83 bits per heavy atom. The molecule has 2 saturated heterocycles. The monoisotopic (exact) mass is 588 g/mol. The SMILES string of the molecule is Cc1ccc(OCc2ccc(C(=O)N3CCN(C)C(=O)C3)cc2C)c(-c2csc(N3CC4CC[C@H](C3)C4C(=O)O)n2)c1. The van der Waals surface area contributed by atoms with Crippen LogP contribution in [0, 0.1) is 31.6 Å². The fourth-order valence-corrected chi connectivity index (χ4v) is 7.39. The summed E-state index contributed by atoms with van der Waals surface area (Å²) >= 11 is 1.59. The average Bonchev–Trinajstić information content (AvgIpc) is 3.56. The Morgan fingerprint density at radius 3 is 2.52 bits per heavy atom. The number of aryl methyl sites for hydroxylation is 2. The number of hydrogen-bond donors (Lipinski definition) is 1. The third-order valence-electron chi connectivity index (χ3n) is 9.01. The number of thiazole rings is 1. The first-order chi connectivity index (χ1) is 20.2. The quantitative estimate of drug-likeness (QED) is 0.435. The van der Waals surface area contributed by atoms with Gasteiger partial charge in [-0.3, -0.25) is 14.4 Å². The number of anilines is 1. The van der Waals surface area contributed by atoms with Crippen molar-refractivity contribution in [2.45, 2.75) is 33.3 Å². The van der Waals surface area contributed by atoms with Crippen LogP contribution in [0.1, 0.15) is 39.9 Å². The molecule has 42 heavy (non-hydrogen) atoms. The minimum atomic E-state index is -0.661. The Morgan fingerprint density at radius 1 is 1.07 bits per heavy atom. The number of benzene rings is 2. The summed E-state index contributed by atoms with van der Waals surface area (Å²) in [6, 6.07) is 11.7. The summed E-state index contributed by atoms with van der Waals surface area (Å²) in [5.41, 5.74) is 5.37. The predicted molar refractivity (Wildman–Crippen MR) is 161 cm³/mol. The van der Waals surface area contributed by atoms with Crippen molar-refractivity contribution >= 4 is 34.3 Å². The number of piperidine rings is 1. The number of aromatic nitrogens is 1. The molecule has 1 aliphatic carbocycles. The zero-order chi connectivity index (χ0) is 29.5. The van der Waals surface area contributed by atoms with Gasteiger partial charge in [0.25, 0.3) is 5.91 Å². The van der Waals surface area contributed by atoms with Crippen LogP contribution in [0.3, 0.4) is 0 Å². The number of piperazine rings is 1. The Hall–Kier alpha value is -3.92. The number of rotatable bonds is 7. The van der Waals surface area contributed by atoms with Gasteiger partial charge in [0.15, 0.2) is 5.13 Å². The largest absolute Gasteiger partial charge is 0.488 e. The molecule has 3 fully saturated rings. The highest BCUT2D eigenvalue weighted by Crippen LogP contribution is 2.44. The summed E-state index contributed by atoms with van der Waals surface area (Å²) in [6.45, 7) is 7.00. The molecule has 2 aliphatic heterocycles. The first-order valence-corrected chi connectivity index (χ1v) is 15.4. The molecule has 2 bridgehead atoms. The van der Waals surface area contributed by atoms with E-state index in [-0.39, 0.29) is 36.1 Å². The minimum absolute atomic E-state index is 0.0488. The molecule has 10 heteroatoms. The summed E-state index contributed by atoms with van der Waals surface area (Å²) in [5, 5.41) is 12.6. The van der Waals surface area contributed by atoms with Gasteiger partial charge >= 0.3 is 5.97 Å². The number of hydrogen-bond acceptors (Lipinski definition) is 7. The van der Waals surface area contributed by atoms with E-state index in [9.17, 15) is 19.5 Å². The highest BCUT2D eigenvalue weighted by Gasteiger charge is 2.46. The summed E-state index contributed by atoms with van der Waals surface area (Å²) in [6.07, 6.45) is 1.94. The lowest BCUT2D eigenvalue weighted by Gasteiger charge is -2.35. The van der Waals surface area contributed by atoms with Gasteiger partial charge in [0.2, 0.25) is 5.91 Å². The Balaban J connectivity index is 1.15. The standard InChI is InChI=1S/C32H36N4O5S/c1-19-4-9-27(41-17-24-8-5-21(13-20(24)2)30(38)35-11-10-34(3)28(37)16-35)25(12-19)26-18-42-32(33-26)36-14-22-6-7-23(15-36)29(22)31(39)40/h4-5,8-9,12-13,18,22-23,29H,6-7,10-11,14-17H2,1-3H3,(H,39,40)/t22-,23?,29?/m1/s1. The van der Waals surface area contributed by atoms with Crippen molar-refractivity contribution in [3.63, 3.8) is 0 Å². The van der Waals surface area contributed by atoms with Crippen molar-refractivity contribution in [3.8, 4) is 17.0 Å². The van der Waals surface area contributed by atoms with Crippen LogP contribution in [-0.2, 0) is 16.2 Å². The third kappa shape index (κ3) is 5.47. The van der Waals surface area contributed by atoms with Gasteiger partial charge < -0.3 is 24.5 Å². The number of amides is 2. The topological polar surface area (TPSA) is 103 Å². The molecule has 2 aromatic carbocycles. The second-order valence-electron chi connectivity index (χ2n) is 11.9. The maximum absolute atomic E-state index is 13.0. The van der Waals surface area contributed by atoms with E-state index in [0.717, 1.165) is 64.8 Å². The van der Waals surface area contributed by atoms with Crippen molar-refractivity contribution in [1.29, 1.82) is 0 Å². The molecule has 220 valence electrons. The molecule has 1 saturated carbocycles. The maximum atomic E-state index is 13.0. The Kier molecular flexibility index (Phi) is 7.66. The molecule has 1 N–H and O–H groups in total. The number of ether oxygens (including phenoxy) is 1. The number of carboxylic acids is 1. The van der Waals surface area contributed by atoms with E-state index < -0.39 is 5.97 Å². The molecule has 3 aromatic rings. The molecule has 0 radical (unpaired) electrons. The highest BCUT2D eigenvalue weighted by atomic mass is 32.1. The van der Waals surface area contributed by atoms with Crippen molar-refractivity contribution in [1.82, 2.24) is 14.8 Å². The molecule has 2 amide bonds. The Labute approximate surface area is 249 Å². The molecule has 3 atom stereocenters. The summed E-state index contributed by atoms with van der Waals surface area (Å²) in [5.74, 6) is 0.0220. The lowest BCUT2D eigenvalue weighted by atomic mass is 9.85. The number of carbonyl (C=O) groups is 3. The lowest BCUT2D eigenvalue weighted by molar-refractivity contribution is -0.144. The van der Waals surface area contributed by atoms with Crippen molar-refractivity contribution < 1.29 is 24.2 Å². The zero-order valence-electron chi connectivity index (χ0n) is 24.2. The maximum Gasteiger partial charge on any atom is 0.307 e. The van der Waals surface area contributed by atoms with Gasteiger partial charge in [-0.1, -0.05) is 17.7 Å². The van der Waals surface area contributed by atoms with E-state index in [0.29, 0.717) is 25.3 Å². The molecule has 3 aliphatic rings. The number of carbonyl (C=O) groups excluding carboxylic acids is 2.